The minimum absolute atomic E-state index is 0. The summed E-state index contributed by atoms with van der Waals surface area (Å²) in [5, 5.41) is 0. The second kappa shape index (κ2) is 4.82. The first-order chi connectivity index (χ1) is 7.86. The third kappa shape index (κ3) is 2.04. The molecule has 2 aromatic rings. The maximum absolute atomic E-state index is 4.24. The van der Waals surface area contributed by atoms with Gasteiger partial charge in [-0.15, -0.1) is 5.69 Å². The van der Waals surface area contributed by atoms with E-state index in [9.17, 15) is 0 Å². The van der Waals surface area contributed by atoms with Gasteiger partial charge in [-0.1, -0.05) is 0 Å². The fourth-order valence-corrected chi connectivity index (χ4v) is 1.77. The normalized spacial score (nSPS) is 13.2. The molecule has 0 fully saturated rings. The summed E-state index contributed by atoms with van der Waals surface area (Å²) in [4.78, 5) is 12.3. The molecule has 0 saturated heterocycles. The van der Waals surface area contributed by atoms with Crippen molar-refractivity contribution in [3.05, 3.63) is 49.5 Å². The van der Waals surface area contributed by atoms with E-state index in [0.29, 0.717) is 0 Å². The van der Waals surface area contributed by atoms with Gasteiger partial charge in [0, 0.05) is 20.1 Å². The number of nitrogens with zero attached hydrogens (tertiary/aromatic N) is 4. The Balaban J connectivity index is 0.00000108. The predicted molar refractivity (Wildman–Crippen MR) is 62.2 cm³/mol. The van der Waals surface area contributed by atoms with E-state index < -0.39 is 0 Å². The van der Waals surface area contributed by atoms with E-state index in [-0.39, 0.29) is 20.1 Å². The third-order valence-corrected chi connectivity index (χ3v) is 2.51. The first kappa shape index (κ1) is 12.0. The number of fused-ring (bicyclic) bond motifs is 1. The number of hydrogen-bond donors (Lipinski definition) is 0. The first-order valence-corrected chi connectivity index (χ1v) is 5.00. The summed E-state index contributed by atoms with van der Waals surface area (Å²) in [5.41, 5.74) is 1.97. The standard InChI is InChI=1S/C12H10N4.Ir/c1-15-9-16(10-5-3-2-4-6-10)11-7-13-8-14-12(11)15;/h2-5,7-9H,1H3;/q-2;. The molecule has 0 N–H and O–H groups in total. The van der Waals surface area contributed by atoms with E-state index >= 15 is 0 Å². The van der Waals surface area contributed by atoms with E-state index in [2.05, 4.69) is 16.0 Å². The van der Waals surface area contributed by atoms with Crippen LogP contribution in [0.3, 0.4) is 0 Å². The SMILES string of the molecule is CN1[CH-]N(c2[c-]cccc2)c2cncnc21.[Ir]. The van der Waals surface area contributed by atoms with Crippen molar-refractivity contribution in [2.24, 2.45) is 0 Å². The number of benzene rings is 1. The van der Waals surface area contributed by atoms with Gasteiger partial charge in [0.05, 0.1) is 11.9 Å². The molecule has 0 amide bonds. The second-order valence-corrected chi connectivity index (χ2v) is 3.58. The fraction of sp³-hybridized carbons (Fsp3) is 0.0833. The Kier molecular flexibility index (Phi) is 3.40. The minimum atomic E-state index is 0. The van der Waals surface area contributed by atoms with Crippen LogP contribution in [0, 0.1) is 12.7 Å². The number of rotatable bonds is 1. The molecule has 89 valence electrons. The Hall–Kier alpha value is -1.45. The number of aromatic nitrogens is 2. The van der Waals surface area contributed by atoms with Crippen LogP contribution in [0.4, 0.5) is 17.2 Å². The molecule has 0 spiro atoms. The van der Waals surface area contributed by atoms with Crippen LogP contribution in [0.2, 0.25) is 0 Å². The van der Waals surface area contributed by atoms with Crippen LogP contribution in [-0.2, 0) is 20.1 Å². The number of anilines is 3. The van der Waals surface area contributed by atoms with Gasteiger partial charge in [-0.05, 0) is 7.05 Å². The maximum Gasteiger partial charge on any atom is 0.125 e. The van der Waals surface area contributed by atoms with Crippen LogP contribution >= 0.6 is 0 Å². The van der Waals surface area contributed by atoms with Gasteiger partial charge in [-0.25, -0.2) is 9.97 Å². The van der Waals surface area contributed by atoms with E-state index in [1.807, 2.05) is 54.0 Å². The number of hydrogen-bond acceptors (Lipinski definition) is 4. The molecule has 2 heterocycles. The molecular formula is C12H10IrN4-2. The molecule has 3 rings (SSSR count). The molecule has 1 aromatic carbocycles. The molecule has 5 heteroatoms. The second-order valence-electron chi connectivity index (χ2n) is 3.58. The molecule has 1 aromatic heterocycles. The van der Waals surface area contributed by atoms with Gasteiger partial charge in [-0.3, -0.25) is 0 Å². The molecule has 0 aliphatic carbocycles. The zero-order valence-electron chi connectivity index (χ0n) is 9.16. The Morgan fingerprint density at radius 1 is 1.35 bits per heavy atom. The van der Waals surface area contributed by atoms with Gasteiger partial charge in [0.2, 0.25) is 0 Å². The molecule has 1 radical (unpaired) electrons. The zero-order valence-corrected chi connectivity index (χ0v) is 11.6. The smallest absolute Gasteiger partial charge is 0.125 e. The van der Waals surface area contributed by atoms with Crippen LogP contribution in [0.15, 0.2) is 36.8 Å². The summed E-state index contributed by atoms with van der Waals surface area (Å²) in [5.74, 6) is 0.909. The molecule has 17 heavy (non-hydrogen) atoms. The summed E-state index contributed by atoms with van der Waals surface area (Å²) in [6, 6.07) is 11.0. The summed E-state index contributed by atoms with van der Waals surface area (Å²) in [7, 11) is 1.97. The van der Waals surface area contributed by atoms with Crippen molar-refractivity contribution in [3.63, 3.8) is 0 Å². The van der Waals surface area contributed by atoms with Gasteiger partial charge < -0.3 is 9.80 Å². The fourth-order valence-electron chi connectivity index (χ4n) is 1.77. The van der Waals surface area contributed by atoms with Gasteiger partial charge >= 0.3 is 0 Å². The van der Waals surface area contributed by atoms with Crippen molar-refractivity contribution in [1.82, 2.24) is 9.97 Å². The topological polar surface area (TPSA) is 32.3 Å². The largest absolute Gasteiger partial charge is 0.491 e. The summed E-state index contributed by atoms with van der Waals surface area (Å²) < 4.78 is 0. The molecule has 0 bridgehead atoms. The maximum atomic E-state index is 4.24. The summed E-state index contributed by atoms with van der Waals surface area (Å²) in [6.07, 6.45) is 3.37. The van der Waals surface area contributed by atoms with Crippen molar-refractivity contribution in [1.29, 1.82) is 0 Å². The Labute approximate surface area is 114 Å². The van der Waals surface area contributed by atoms with Crippen LogP contribution in [0.1, 0.15) is 0 Å². The van der Waals surface area contributed by atoms with Crippen LogP contribution in [0.5, 0.6) is 0 Å². The van der Waals surface area contributed by atoms with Crippen molar-refractivity contribution in [3.8, 4) is 0 Å². The third-order valence-electron chi connectivity index (χ3n) is 2.51. The Bertz CT molecular complexity index is 503. The average molecular weight is 402 g/mol. The summed E-state index contributed by atoms with van der Waals surface area (Å²) in [6.45, 7) is 1.98. The molecule has 0 unspecified atom stereocenters. The van der Waals surface area contributed by atoms with Gasteiger partial charge in [0.15, 0.2) is 0 Å². The van der Waals surface area contributed by atoms with Crippen molar-refractivity contribution in [2.45, 2.75) is 0 Å². The molecule has 4 nitrogen and oxygen atoms in total. The predicted octanol–water partition coefficient (Wildman–Crippen LogP) is 1.98. The van der Waals surface area contributed by atoms with E-state index in [4.69, 9.17) is 0 Å². The number of para-hydroxylation sites is 1. The molecule has 0 saturated carbocycles. The van der Waals surface area contributed by atoms with E-state index in [0.717, 1.165) is 17.2 Å². The van der Waals surface area contributed by atoms with Gasteiger partial charge in [0.1, 0.15) is 12.1 Å². The Morgan fingerprint density at radius 2 is 2.24 bits per heavy atom. The van der Waals surface area contributed by atoms with Crippen LogP contribution in [0.25, 0.3) is 0 Å². The summed E-state index contributed by atoms with van der Waals surface area (Å²) >= 11 is 0. The minimum Gasteiger partial charge on any atom is -0.491 e. The van der Waals surface area contributed by atoms with Gasteiger partial charge in [0.25, 0.3) is 0 Å². The van der Waals surface area contributed by atoms with Crippen LogP contribution < -0.4 is 9.80 Å². The molecule has 1 aliphatic heterocycles. The molecular weight excluding hydrogens is 392 g/mol. The quantitative estimate of drug-likeness (QED) is 0.683. The van der Waals surface area contributed by atoms with E-state index in [1.165, 1.54) is 0 Å². The molecule has 1 aliphatic rings. The Morgan fingerprint density at radius 3 is 3.00 bits per heavy atom. The molecule has 0 atom stereocenters. The average Bonchev–Trinajstić information content (AvgIpc) is 2.69. The van der Waals surface area contributed by atoms with E-state index in [1.54, 1.807) is 6.33 Å². The van der Waals surface area contributed by atoms with Crippen molar-refractivity contribution in [2.75, 3.05) is 16.8 Å². The van der Waals surface area contributed by atoms with Gasteiger partial charge in [-0.2, -0.15) is 37.0 Å². The van der Waals surface area contributed by atoms with Crippen molar-refractivity contribution < 1.29 is 20.1 Å². The first-order valence-electron chi connectivity index (χ1n) is 5.00. The van der Waals surface area contributed by atoms with Crippen molar-refractivity contribution >= 4 is 17.2 Å². The monoisotopic (exact) mass is 403 g/mol. The van der Waals surface area contributed by atoms with Crippen LogP contribution in [-0.4, -0.2) is 17.0 Å². The zero-order chi connectivity index (χ0) is 11.0.